The average molecular weight is 632 g/mol. The van der Waals surface area contributed by atoms with Crippen molar-refractivity contribution in [1.29, 1.82) is 0 Å². The van der Waals surface area contributed by atoms with Crippen molar-refractivity contribution in [2.45, 2.75) is 90.3 Å². The van der Waals surface area contributed by atoms with Crippen molar-refractivity contribution < 1.29 is 33.5 Å². The Morgan fingerprint density at radius 2 is 1.42 bits per heavy atom. The highest BCUT2D eigenvalue weighted by Gasteiger charge is 2.51. The van der Waals surface area contributed by atoms with Crippen molar-refractivity contribution in [3.63, 3.8) is 0 Å². The van der Waals surface area contributed by atoms with Gasteiger partial charge in [-0.2, -0.15) is 0 Å². The van der Waals surface area contributed by atoms with Crippen molar-refractivity contribution in [2.75, 3.05) is 6.54 Å². The molecule has 10 heteroatoms. The number of aliphatic carboxylic acids is 1. The fourth-order valence-corrected chi connectivity index (χ4v) is 5.82. The molecule has 0 bridgehead atoms. The summed E-state index contributed by atoms with van der Waals surface area (Å²) in [5.74, 6) is -0.591. The van der Waals surface area contributed by atoms with E-state index in [0.717, 1.165) is 22.6 Å². The van der Waals surface area contributed by atoms with Crippen LogP contribution in [0.5, 0.6) is 5.75 Å². The van der Waals surface area contributed by atoms with Crippen molar-refractivity contribution >= 4 is 32.7 Å². The number of amides is 1. The highest BCUT2D eigenvalue weighted by molar-refractivity contribution is 6.76. The first-order chi connectivity index (χ1) is 21.1. The molecule has 1 heterocycles. The molecule has 1 aliphatic rings. The zero-order chi connectivity index (χ0) is 32.8. The maximum atomic E-state index is 13.5. The number of carboxylic acid groups (broad SMARTS) is 1. The molecule has 0 aromatic heterocycles. The van der Waals surface area contributed by atoms with E-state index in [1.54, 1.807) is 0 Å². The first kappa shape index (κ1) is 34.3. The largest absolute Gasteiger partial charge is 0.494 e. The Labute approximate surface area is 268 Å². The Bertz CT molecular complexity index is 1430. The highest BCUT2D eigenvalue weighted by atomic mass is 28.3. The molecule has 3 aromatic rings. The fraction of sp³-hybridized carbons (Fsp3) is 0.429. The van der Waals surface area contributed by atoms with Crippen molar-refractivity contribution in [1.82, 2.24) is 4.90 Å². The molecule has 0 saturated carbocycles. The second-order valence-corrected chi connectivity index (χ2v) is 19.5. The highest BCUT2D eigenvalue weighted by Crippen LogP contribution is 2.37. The van der Waals surface area contributed by atoms with Crippen molar-refractivity contribution in [3.8, 4) is 5.75 Å². The molecule has 1 saturated heterocycles. The van der Waals surface area contributed by atoms with Crippen LogP contribution in [0.25, 0.3) is 0 Å². The van der Waals surface area contributed by atoms with E-state index in [0.29, 0.717) is 11.3 Å². The first-order valence-corrected chi connectivity index (χ1v) is 19.2. The van der Waals surface area contributed by atoms with Crippen LogP contribution in [0.15, 0.2) is 78.9 Å². The number of hydrogen-bond donors (Lipinski definition) is 1. The molecule has 0 unspecified atom stereocenters. The van der Waals surface area contributed by atoms with Crippen LogP contribution in [-0.4, -0.2) is 61.0 Å². The molecule has 1 amide bonds. The normalized spacial score (nSPS) is 16.2. The summed E-state index contributed by atoms with van der Waals surface area (Å²) in [5.41, 5.74) is 2.19. The molecular formula is C35H46BNO7Si. The molecule has 240 valence electrons. The van der Waals surface area contributed by atoms with Crippen molar-refractivity contribution in [3.05, 3.63) is 95.6 Å². The lowest BCUT2D eigenvalue weighted by molar-refractivity contribution is -0.142. The maximum absolute atomic E-state index is 13.5. The number of carbonyl (C=O) groups is 2. The minimum atomic E-state index is -1.63. The monoisotopic (exact) mass is 631 g/mol. The van der Waals surface area contributed by atoms with Crippen molar-refractivity contribution in [2.24, 2.45) is 0 Å². The molecule has 1 atom stereocenters. The van der Waals surface area contributed by atoms with Crippen LogP contribution in [0, 0.1) is 0 Å². The number of ether oxygens (including phenoxy) is 2. The molecule has 1 aliphatic heterocycles. The lowest BCUT2D eigenvalue weighted by Crippen LogP contribution is -2.48. The molecule has 8 nitrogen and oxygen atoms in total. The summed E-state index contributed by atoms with van der Waals surface area (Å²) in [7, 11) is -2.24. The SMILES string of the molecule is CC1(C)OB(c2ccc(C[C@@H](C(=O)O)N(CC[Si](C)(C)C)C(=O)OCc3ccccc3)c(OCc3ccccc3)c2)OC1(C)C. The van der Waals surface area contributed by atoms with Crippen LogP contribution in [0.4, 0.5) is 4.79 Å². The van der Waals surface area contributed by atoms with Gasteiger partial charge in [-0.1, -0.05) is 92.4 Å². The zero-order valence-electron chi connectivity index (χ0n) is 27.5. The lowest BCUT2D eigenvalue weighted by atomic mass is 9.78. The third-order valence-corrected chi connectivity index (χ3v) is 10.2. The smallest absolute Gasteiger partial charge is 0.489 e. The van der Waals surface area contributed by atoms with Gasteiger partial charge in [0.1, 0.15) is 25.0 Å². The summed E-state index contributed by atoms with van der Waals surface area (Å²) < 4.78 is 24.6. The zero-order valence-corrected chi connectivity index (χ0v) is 28.5. The molecule has 1 N–H and O–H groups in total. The van der Waals surface area contributed by atoms with E-state index >= 15 is 0 Å². The molecule has 0 aliphatic carbocycles. The van der Waals surface area contributed by atoms with Crippen LogP contribution >= 0.6 is 0 Å². The van der Waals surface area contributed by atoms with Crippen LogP contribution in [0.2, 0.25) is 25.7 Å². The summed E-state index contributed by atoms with van der Waals surface area (Å²) >= 11 is 0. The van der Waals surface area contributed by atoms with Gasteiger partial charge in [-0.15, -0.1) is 0 Å². The molecule has 1 fully saturated rings. The number of carboxylic acids is 1. The summed E-state index contributed by atoms with van der Waals surface area (Å²) in [4.78, 5) is 27.7. The summed E-state index contributed by atoms with van der Waals surface area (Å²) in [6, 6.07) is 24.3. The van der Waals surface area contributed by atoms with Crippen LogP contribution in [0.3, 0.4) is 0 Å². The molecule has 45 heavy (non-hydrogen) atoms. The standard InChI is InChI=1S/C35H46BNO7Si/c1-34(2)35(3,4)44-36(43-34)29-19-18-28(31(23-29)41-24-26-14-10-8-11-15-26)22-30(32(38)39)37(20-21-45(5,6)7)33(40)42-25-27-16-12-9-13-17-27/h8-19,23,30H,20-22,24-25H2,1-7H3,(H,38,39)/t30-/m0/s1. The number of nitrogens with zero attached hydrogens (tertiary/aromatic N) is 1. The molecule has 0 radical (unpaired) electrons. The number of benzene rings is 3. The molecule has 3 aromatic carbocycles. The van der Waals surface area contributed by atoms with E-state index in [9.17, 15) is 14.7 Å². The lowest BCUT2D eigenvalue weighted by Gasteiger charge is -2.32. The Morgan fingerprint density at radius 3 is 1.96 bits per heavy atom. The molecule has 4 rings (SSSR count). The second-order valence-electron chi connectivity index (χ2n) is 13.8. The van der Waals surface area contributed by atoms with Gasteiger partial charge in [0, 0.05) is 21.0 Å². The Hall–Kier alpha value is -3.60. The van der Waals surface area contributed by atoms with Gasteiger partial charge in [-0.25, -0.2) is 9.59 Å². The van der Waals surface area contributed by atoms with Gasteiger partial charge < -0.3 is 23.9 Å². The Kier molecular flexibility index (Phi) is 10.8. The summed E-state index contributed by atoms with van der Waals surface area (Å²) in [6.07, 6.45) is -0.611. The minimum absolute atomic E-state index is 0.0369. The van der Waals surface area contributed by atoms with E-state index < -0.39 is 44.5 Å². The average Bonchev–Trinajstić information content (AvgIpc) is 3.21. The van der Waals surface area contributed by atoms with E-state index in [2.05, 4.69) is 19.6 Å². The first-order valence-electron chi connectivity index (χ1n) is 15.5. The van der Waals surface area contributed by atoms with Crippen LogP contribution in [-0.2, 0) is 38.5 Å². The van der Waals surface area contributed by atoms with E-state index in [-0.39, 0.29) is 26.2 Å². The fourth-order valence-electron chi connectivity index (χ4n) is 4.91. The Morgan fingerprint density at radius 1 is 0.867 bits per heavy atom. The maximum Gasteiger partial charge on any atom is 0.494 e. The summed E-state index contributed by atoms with van der Waals surface area (Å²) in [5, 5.41) is 10.5. The summed E-state index contributed by atoms with van der Waals surface area (Å²) in [6.45, 7) is 15.2. The third-order valence-electron chi connectivity index (χ3n) is 8.47. The number of hydrogen-bond acceptors (Lipinski definition) is 6. The van der Waals surface area contributed by atoms with Gasteiger partial charge in [0.2, 0.25) is 0 Å². The minimum Gasteiger partial charge on any atom is -0.489 e. The van der Waals surface area contributed by atoms with Gasteiger partial charge in [0.05, 0.1) is 11.2 Å². The predicted octanol–water partition coefficient (Wildman–Crippen LogP) is 6.54. The van der Waals surface area contributed by atoms with Crippen LogP contribution in [0.1, 0.15) is 44.4 Å². The van der Waals surface area contributed by atoms with Gasteiger partial charge in [-0.3, -0.25) is 4.90 Å². The second kappa shape index (κ2) is 14.2. The van der Waals surface area contributed by atoms with Gasteiger partial charge in [-0.05, 0) is 62.0 Å². The number of carbonyl (C=O) groups excluding carboxylic acids is 1. The van der Waals surface area contributed by atoms with Gasteiger partial charge >= 0.3 is 19.2 Å². The van der Waals surface area contributed by atoms with Crippen LogP contribution < -0.4 is 10.2 Å². The number of rotatable bonds is 13. The molecular weight excluding hydrogens is 585 g/mol. The van der Waals surface area contributed by atoms with Gasteiger partial charge in [0.15, 0.2) is 0 Å². The topological polar surface area (TPSA) is 94.5 Å². The quantitative estimate of drug-likeness (QED) is 0.214. The third kappa shape index (κ3) is 9.22. The predicted molar refractivity (Wildman–Crippen MR) is 180 cm³/mol. The molecule has 0 spiro atoms. The van der Waals surface area contributed by atoms with Gasteiger partial charge in [0.25, 0.3) is 0 Å². The van der Waals surface area contributed by atoms with E-state index in [1.165, 1.54) is 4.90 Å². The van der Waals surface area contributed by atoms with E-state index in [4.69, 9.17) is 18.8 Å². The Balaban J connectivity index is 1.64. The van der Waals surface area contributed by atoms with E-state index in [1.807, 2.05) is 107 Å².